The van der Waals surface area contributed by atoms with Gasteiger partial charge >= 0.3 is 5.97 Å². The van der Waals surface area contributed by atoms with E-state index in [9.17, 15) is 9.59 Å². The molecule has 7 heteroatoms. The van der Waals surface area contributed by atoms with Crippen LogP contribution in [0, 0.1) is 0 Å². The lowest BCUT2D eigenvalue weighted by Crippen LogP contribution is -2.46. The van der Waals surface area contributed by atoms with Crippen molar-refractivity contribution >= 4 is 28.9 Å². The Labute approximate surface area is 186 Å². The van der Waals surface area contributed by atoms with Crippen molar-refractivity contribution in [3.63, 3.8) is 0 Å². The molecule has 6 nitrogen and oxygen atoms in total. The van der Waals surface area contributed by atoms with E-state index < -0.39 is 5.97 Å². The van der Waals surface area contributed by atoms with Gasteiger partial charge in [-0.15, -0.1) is 0 Å². The zero-order chi connectivity index (χ0) is 21.8. The molecule has 1 aromatic carbocycles. The second kappa shape index (κ2) is 7.76. The maximum absolute atomic E-state index is 12.7. The van der Waals surface area contributed by atoms with Crippen molar-refractivity contribution in [1.82, 2.24) is 4.90 Å². The zero-order valence-electron chi connectivity index (χ0n) is 17.8. The number of benzene rings is 1. The van der Waals surface area contributed by atoms with Crippen molar-refractivity contribution in [2.45, 2.75) is 49.7 Å². The van der Waals surface area contributed by atoms with Gasteiger partial charge in [0.05, 0.1) is 24.8 Å². The van der Waals surface area contributed by atoms with E-state index in [-0.39, 0.29) is 29.0 Å². The summed E-state index contributed by atoms with van der Waals surface area (Å²) in [6.45, 7) is 1.16. The molecule has 31 heavy (non-hydrogen) atoms. The van der Waals surface area contributed by atoms with Gasteiger partial charge in [-0.25, -0.2) is 4.79 Å². The first kappa shape index (κ1) is 20.7. The van der Waals surface area contributed by atoms with Gasteiger partial charge in [-0.3, -0.25) is 9.69 Å². The normalized spacial score (nSPS) is 25.3. The number of allylic oxidation sites excluding steroid dienone is 1. The molecule has 5 rings (SSSR count). The van der Waals surface area contributed by atoms with Crippen LogP contribution in [0.1, 0.15) is 49.3 Å². The Balaban J connectivity index is 1.57. The molecule has 0 amide bonds. The van der Waals surface area contributed by atoms with Crippen molar-refractivity contribution in [2.24, 2.45) is 0 Å². The Hall–Kier alpha value is -2.15. The van der Waals surface area contributed by atoms with Crippen LogP contribution in [-0.4, -0.2) is 55.7 Å². The van der Waals surface area contributed by atoms with Crippen LogP contribution in [-0.2, 0) is 19.1 Å². The monoisotopic (exact) mass is 443 g/mol. The van der Waals surface area contributed by atoms with Crippen molar-refractivity contribution < 1.29 is 23.8 Å². The Morgan fingerprint density at radius 3 is 2.74 bits per heavy atom. The predicted molar refractivity (Wildman–Crippen MR) is 116 cm³/mol. The van der Waals surface area contributed by atoms with Gasteiger partial charge < -0.3 is 14.2 Å². The van der Waals surface area contributed by atoms with Crippen molar-refractivity contribution in [1.29, 1.82) is 0 Å². The molecule has 0 radical (unpaired) electrons. The molecule has 0 bridgehead atoms. The van der Waals surface area contributed by atoms with Gasteiger partial charge in [0.15, 0.2) is 5.78 Å². The number of carbonyl (C=O) groups excluding carboxylic acids is 2. The fourth-order valence-corrected chi connectivity index (χ4v) is 5.64. The van der Waals surface area contributed by atoms with E-state index in [0.717, 1.165) is 48.8 Å². The minimum absolute atomic E-state index is 0.116. The Kier molecular flexibility index (Phi) is 5.19. The molecule has 4 aliphatic rings. The zero-order valence-corrected chi connectivity index (χ0v) is 18.5. The van der Waals surface area contributed by atoms with Crippen LogP contribution in [0.3, 0.4) is 0 Å². The average Bonchev–Trinajstić information content (AvgIpc) is 3.45. The highest BCUT2D eigenvalue weighted by Crippen LogP contribution is 2.62. The maximum Gasteiger partial charge on any atom is 0.341 e. The molecule has 2 aliphatic carbocycles. The van der Waals surface area contributed by atoms with E-state index in [1.54, 1.807) is 19.3 Å². The van der Waals surface area contributed by atoms with Gasteiger partial charge in [0.1, 0.15) is 11.3 Å². The highest BCUT2D eigenvalue weighted by Gasteiger charge is 2.59. The van der Waals surface area contributed by atoms with Crippen LogP contribution in [0.15, 0.2) is 29.9 Å². The molecule has 2 fully saturated rings. The third-order valence-electron chi connectivity index (χ3n) is 7.02. The molecule has 1 spiro atoms. The van der Waals surface area contributed by atoms with Crippen molar-refractivity contribution in [3.05, 3.63) is 46.0 Å². The van der Waals surface area contributed by atoms with Gasteiger partial charge in [-0.2, -0.15) is 0 Å². The first-order valence-electron chi connectivity index (χ1n) is 10.8. The van der Waals surface area contributed by atoms with E-state index >= 15 is 0 Å². The van der Waals surface area contributed by atoms with E-state index in [1.807, 2.05) is 12.1 Å². The number of hydrogen-bond acceptors (Lipinski definition) is 6. The topological polar surface area (TPSA) is 65.1 Å². The average molecular weight is 444 g/mol. The Morgan fingerprint density at radius 2 is 2.03 bits per heavy atom. The number of fused-ring (bicyclic) bond motifs is 7. The minimum atomic E-state index is -0.579. The van der Waals surface area contributed by atoms with Crippen LogP contribution in [0.25, 0.3) is 5.57 Å². The molecule has 1 aromatic rings. The highest BCUT2D eigenvalue weighted by atomic mass is 35.5. The molecule has 1 saturated heterocycles. The van der Waals surface area contributed by atoms with E-state index in [4.69, 9.17) is 25.8 Å². The molecule has 2 heterocycles. The number of esters is 1. The number of methoxy groups -OCH3 is 2. The summed E-state index contributed by atoms with van der Waals surface area (Å²) < 4.78 is 15.9. The van der Waals surface area contributed by atoms with Gasteiger partial charge in [0.25, 0.3) is 0 Å². The second-order valence-corrected chi connectivity index (χ2v) is 9.14. The summed E-state index contributed by atoms with van der Waals surface area (Å²) in [5.74, 6) is -0.229. The molecule has 164 valence electrons. The van der Waals surface area contributed by atoms with Gasteiger partial charge in [-0.05, 0) is 66.7 Å². The third kappa shape index (κ3) is 3.32. The van der Waals surface area contributed by atoms with Crippen LogP contribution in [0.2, 0.25) is 5.02 Å². The summed E-state index contributed by atoms with van der Waals surface area (Å²) in [6.07, 6.45) is 8.62. The summed E-state index contributed by atoms with van der Waals surface area (Å²) in [5.41, 5.74) is 3.31. The van der Waals surface area contributed by atoms with Crippen molar-refractivity contribution in [3.8, 4) is 5.75 Å². The van der Waals surface area contributed by atoms with Crippen LogP contribution < -0.4 is 4.74 Å². The molecule has 0 N–H and O–H groups in total. The van der Waals surface area contributed by atoms with E-state index in [1.165, 1.54) is 7.11 Å². The maximum atomic E-state index is 12.7. The lowest BCUT2D eigenvalue weighted by Gasteiger charge is -2.44. The number of ether oxygens (including phenoxy) is 3. The molecule has 2 atom stereocenters. The molecular weight excluding hydrogens is 418 g/mol. The highest BCUT2D eigenvalue weighted by molar-refractivity contribution is 6.32. The number of carbonyl (C=O) groups is 2. The first-order valence-corrected chi connectivity index (χ1v) is 11.2. The second-order valence-electron chi connectivity index (χ2n) is 8.73. The fourth-order valence-electron chi connectivity index (χ4n) is 5.42. The minimum Gasteiger partial charge on any atom is -0.492 e. The molecular formula is C24H26ClNO5. The quantitative estimate of drug-likeness (QED) is 0.378. The van der Waals surface area contributed by atoms with E-state index in [0.29, 0.717) is 24.0 Å². The van der Waals surface area contributed by atoms with Gasteiger partial charge in [0.2, 0.25) is 0 Å². The molecule has 2 aliphatic heterocycles. The number of rotatable bonds is 6. The summed E-state index contributed by atoms with van der Waals surface area (Å²) in [4.78, 5) is 27.5. The Morgan fingerprint density at radius 1 is 1.23 bits per heavy atom. The first-order chi connectivity index (χ1) is 15.0. The molecule has 0 aromatic heterocycles. The predicted octanol–water partition coefficient (Wildman–Crippen LogP) is 3.87. The van der Waals surface area contributed by atoms with Crippen LogP contribution in [0.5, 0.6) is 5.75 Å². The largest absolute Gasteiger partial charge is 0.492 e. The SMILES string of the molecule is COCCCOc1cc2c(cc1Cl)C1=CC(=O)C(C(=O)OC)=CC1N1[C@H]2CCC12CC2. The van der Waals surface area contributed by atoms with Crippen LogP contribution in [0.4, 0.5) is 0 Å². The summed E-state index contributed by atoms with van der Waals surface area (Å²) in [6, 6.07) is 4.05. The van der Waals surface area contributed by atoms with Gasteiger partial charge in [0, 0.05) is 31.7 Å². The standard InChI is InChI=1S/C24H26ClNO5/c1-29-8-3-9-31-22-13-16-14(10-18(22)25)15-12-21(27)17(23(28)30-2)11-20(15)26-19(16)4-5-24(26)6-7-24/h10-13,19-20H,3-9H2,1-2H3/t19-,20?/m0/s1. The summed E-state index contributed by atoms with van der Waals surface area (Å²) >= 11 is 6.58. The number of nitrogens with zero attached hydrogens (tertiary/aromatic N) is 1. The summed E-state index contributed by atoms with van der Waals surface area (Å²) in [5, 5.41) is 0.526. The summed E-state index contributed by atoms with van der Waals surface area (Å²) in [7, 11) is 2.98. The number of ketones is 1. The molecule has 1 unspecified atom stereocenters. The fraction of sp³-hybridized carbons (Fsp3) is 0.500. The Bertz CT molecular complexity index is 1010. The number of halogens is 1. The number of hydrogen-bond donors (Lipinski definition) is 0. The van der Waals surface area contributed by atoms with Crippen molar-refractivity contribution in [2.75, 3.05) is 27.4 Å². The van der Waals surface area contributed by atoms with Gasteiger partial charge in [-0.1, -0.05) is 11.6 Å². The lowest BCUT2D eigenvalue weighted by atomic mass is 9.80. The van der Waals surface area contributed by atoms with E-state index in [2.05, 4.69) is 4.90 Å². The van der Waals surface area contributed by atoms with Crippen LogP contribution >= 0.6 is 11.6 Å². The lowest BCUT2D eigenvalue weighted by molar-refractivity contribution is -0.137. The molecule has 1 saturated carbocycles. The smallest absolute Gasteiger partial charge is 0.341 e. The third-order valence-corrected chi connectivity index (χ3v) is 7.31.